The molecule has 0 spiro atoms. The van der Waals surface area contributed by atoms with Crippen molar-refractivity contribution in [3.05, 3.63) is 23.4 Å². The molecule has 0 aromatic carbocycles. The van der Waals surface area contributed by atoms with E-state index in [1.165, 1.54) is 0 Å². The fraction of sp³-hybridized carbons (Fsp3) is 0.647. The van der Waals surface area contributed by atoms with Crippen LogP contribution in [-0.4, -0.2) is 39.6 Å². The first kappa shape index (κ1) is 16.6. The average molecular weight is 307 g/mol. The molecule has 2 rings (SSSR count). The molecule has 0 fully saturated rings. The van der Waals surface area contributed by atoms with E-state index in [1.54, 1.807) is 12.2 Å². The fourth-order valence-electron chi connectivity index (χ4n) is 3.38. The molecule has 0 saturated heterocycles. The molecule has 0 radical (unpaired) electrons. The number of carboxylic acids is 2. The molecule has 1 heterocycles. The maximum absolute atomic E-state index is 11.6. The molecule has 2 aliphatic rings. The van der Waals surface area contributed by atoms with E-state index in [2.05, 4.69) is 0 Å². The molecule has 0 saturated carbocycles. The van der Waals surface area contributed by atoms with Crippen molar-refractivity contribution in [3.8, 4) is 0 Å². The van der Waals surface area contributed by atoms with Crippen LogP contribution in [0, 0.1) is 0 Å². The smallest absolute Gasteiger partial charge is 0.351 e. The summed E-state index contributed by atoms with van der Waals surface area (Å²) in [4.78, 5) is 25.1. The largest absolute Gasteiger partial charge is 0.478 e. The zero-order valence-corrected chi connectivity index (χ0v) is 13.0. The SMILES string of the molecule is O=C(O)C1=CCCCCCC1N1CCCCC/C=C\1C(=O)O. The van der Waals surface area contributed by atoms with Crippen molar-refractivity contribution in [3.63, 3.8) is 0 Å². The Morgan fingerprint density at radius 1 is 0.909 bits per heavy atom. The Hall–Kier alpha value is -1.78. The Morgan fingerprint density at radius 2 is 1.59 bits per heavy atom. The van der Waals surface area contributed by atoms with Gasteiger partial charge in [0.05, 0.1) is 11.6 Å². The quantitative estimate of drug-likeness (QED) is 0.837. The molecule has 0 aromatic rings. The Labute approximate surface area is 131 Å². The van der Waals surface area contributed by atoms with Crippen LogP contribution in [0.4, 0.5) is 0 Å². The van der Waals surface area contributed by atoms with Gasteiger partial charge in [-0.05, 0) is 38.5 Å². The van der Waals surface area contributed by atoms with E-state index in [-0.39, 0.29) is 11.7 Å². The summed E-state index contributed by atoms with van der Waals surface area (Å²) >= 11 is 0. The summed E-state index contributed by atoms with van der Waals surface area (Å²) in [5, 5.41) is 19.1. The molecule has 1 aliphatic carbocycles. The van der Waals surface area contributed by atoms with Gasteiger partial charge in [0.1, 0.15) is 5.70 Å². The van der Waals surface area contributed by atoms with Gasteiger partial charge in [-0.1, -0.05) is 31.4 Å². The third kappa shape index (κ3) is 4.12. The molecule has 1 unspecified atom stereocenters. The van der Waals surface area contributed by atoms with Gasteiger partial charge in [-0.3, -0.25) is 0 Å². The van der Waals surface area contributed by atoms with Crippen LogP contribution in [0.1, 0.15) is 57.8 Å². The zero-order valence-electron chi connectivity index (χ0n) is 13.0. The van der Waals surface area contributed by atoms with E-state index in [1.807, 2.05) is 4.90 Å². The minimum atomic E-state index is -0.950. The number of hydrogen-bond acceptors (Lipinski definition) is 3. The number of nitrogens with zero attached hydrogens (tertiary/aromatic N) is 1. The summed E-state index contributed by atoms with van der Waals surface area (Å²) in [6.45, 7) is 0.618. The standard InChI is InChI=1S/C17H25NO4/c19-16(20)13-9-5-1-2-6-10-14(13)18-12-8-4-3-7-11-15(18)17(21)22/h9,11,14H,1-8,10,12H2,(H,19,20)(H,21,22)/b13-9?,15-11-. The number of carbonyl (C=O) groups is 2. The monoisotopic (exact) mass is 307 g/mol. The number of hydrogen-bond donors (Lipinski definition) is 2. The van der Waals surface area contributed by atoms with Crippen molar-refractivity contribution in [2.75, 3.05) is 6.54 Å². The summed E-state index contributed by atoms with van der Waals surface area (Å²) in [6, 6.07) is -0.321. The lowest BCUT2D eigenvalue weighted by molar-refractivity contribution is -0.136. The second-order valence-corrected chi connectivity index (χ2v) is 6.06. The Balaban J connectivity index is 2.36. The average Bonchev–Trinajstić information content (AvgIpc) is 2.38. The second-order valence-electron chi connectivity index (χ2n) is 6.06. The van der Waals surface area contributed by atoms with Gasteiger partial charge >= 0.3 is 11.9 Å². The number of carboxylic acid groups (broad SMARTS) is 2. The van der Waals surface area contributed by atoms with E-state index in [4.69, 9.17) is 0 Å². The predicted molar refractivity (Wildman–Crippen MR) is 83.5 cm³/mol. The first-order chi connectivity index (χ1) is 10.6. The van der Waals surface area contributed by atoms with Gasteiger partial charge in [0.25, 0.3) is 0 Å². The van der Waals surface area contributed by atoms with Crippen LogP contribution in [0.5, 0.6) is 0 Å². The second kappa shape index (κ2) is 8.01. The maximum atomic E-state index is 11.6. The summed E-state index contributed by atoms with van der Waals surface area (Å²) in [5.74, 6) is -1.87. The normalized spacial score (nSPS) is 26.5. The zero-order chi connectivity index (χ0) is 15.9. The summed E-state index contributed by atoms with van der Waals surface area (Å²) in [5.41, 5.74) is 0.643. The van der Waals surface area contributed by atoms with E-state index in [0.29, 0.717) is 18.5 Å². The van der Waals surface area contributed by atoms with Gasteiger partial charge < -0.3 is 15.1 Å². The molecule has 22 heavy (non-hydrogen) atoms. The van der Waals surface area contributed by atoms with E-state index in [9.17, 15) is 19.8 Å². The van der Waals surface area contributed by atoms with Crippen molar-refractivity contribution in [2.24, 2.45) is 0 Å². The van der Waals surface area contributed by atoms with Crippen LogP contribution in [0.15, 0.2) is 23.4 Å². The lowest BCUT2D eigenvalue weighted by atomic mass is 9.92. The number of allylic oxidation sites excluding steroid dienone is 2. The molecule has 0 aromatic heterocycles. The van der Waals surface area contributed by atoms with Crippen LogP contribution in [0.3, 0.4) is 0 Å². The van der Waals surface area contributed by atoms with Crippen molar-refractivity contribution in [1.82, 2.24) is 4.90 Å². The maximum Gasteiger partial charge on any atom is 0.351 e. The molecular formula is C17H25NO4. The fourth-order valence-corrected chi connectivity index (χ4v) is 3.38. The molecule has 0 amide bonds. The van der Waals surface area contributed by atoms with Gasteiger partial charge in [-0.2, -0.15) is 0 Å². The van der Waals surface area contributed by atoms with Crippen LogP contribution in [0.2, 0.25) is 0 Å². The summed E-state index contributed by atoms with van der Waals surface area (Å²) < 4.78 is 0. The highest BCUT2D eigenvalue weighted by atomic mass is 16.4. The molecular weight excluding hydrogens is 282 g/mol. The highest BCUT2D eigenvalue weighted by Crippen LogP contribution is 2.28. The van der Waals surface area contributed by atoms with Crippen LogP contribution in [-0.2, 0) is 9.59 Å². The lowest BCUT2D eigenvalue weighted by Gasteiger charge is -2.36. The molecule has 1 atom stereocenters. The third-order valence-electron chi connectivity index (χ3n) is 4.50. The molecule has 2 N–H and O–H groups in total. The van der Waals surface area contributed by atoms with Crippen LogP contribution in [0.25, 0.3) is 0 Å². The summed E-state index contributed by atoms with van der Waals surface area (Å²) in [7, 11) is 0. The third-order valence-corrected chi connectivity index (χ3v) is 4.50. The molecule has 5 nitrogen and oxygen atoms in total. The lowest BCUT2D eigenvalue weighted by Crippen LogP contribution is -2.41. The first-order valence-corrected chi connectivity index (χ1v) is 8.24. The van der Waals surface area contributed by atoms with Crippen LogP contribution >= 0.6 is 0 Å². The van der Waals surface area contributed by atoms with E-state index in [0.717, 1.165) is 51.4 Å². The Kier molecular flexibility index (Phi) is 6.04. The van der Waals surface area contributed by atoms with Gasteiger partial charge in [-0.25, -0.2) is 9.59 Å². The van der Waals surface area contributed by atoms with Crippen molar-refractivity contribution < 1.29 is 19.8 Å². The van der Waals surface area contributed by atoms with Gasteiger partial charge in [0, 0.05) is 6.54 Å². The topological polar surface area (TPSA) is 77.8 Å². The minimum Gasteiger partial charge on any atom is -0.478 e. The molecule has 122 valence electrons. The van der Waals surface area contributed by atoms with Crippen LogP contribution < -0.4 is 0 Å². The molecule has 0 bridgehead atoms. The highest BCUT2D eigenvalue weighted by Gasteiger charge is 2.31. The van der Waals surface area contributed by atoms with Gasteiger partial charge in [-0.15, -0.1) is 0 Å². The molecule has 1 aliphatic heterocycles. The predicted octanol–water partition coefficient (Wildman–Crippen LogP) is 3.17. The number of aliphatic carboxylic acids is 2. The van der Waals surface area contributed by atoms with Gasteiger partial charge in [0.2, 0.25) is 0 Å². The highest BCUT2D eigenvalue weighted by molar-refractivity contribution is 5.89. The van der Waals surface area contributed by atoms with Crippen molar-refractivity contribution in [2.45, 2.75) is 63.8 Å². The molecule has 5 heteroatoms. The summed E-state index contributed by atoms with van der Waals surface area (Å²) in [6.07, 6.45) is 11.8. The Bertz CT molecular complexity index is 437. The number of rotatable bonds is 3. The van der Waals surface area contributed by atoms with Gasteiger partial charge in [0.15, 0.2) is 0 Å². The first-order valence-electron chi connectivity index (χ1n) is 8.24. The van der Waals surface area contributed by atoms with E-state index < -0.39 is 11.9 Å². The van der Waals surface area contributed by atoms with Crippen molar-refractivity contribution in [1.29, 1.82) is 0 Å². The minimum absolute atomic E-state index is 0.275. The van der Waals surface area contributed by atoms with Crippen molar-refractivity contribution >= 4 is 11.9 Å². The Morgan fingerprint density at radius 3 is 2.27 bits per heavy atom. The van der Waals surface area contributed by atoms with E-state index >= 15 is 0 Å².